The second kappa shape index (κ2) is 10.0. The Kier molecular flexibility index (Phi) is 6.31. The van der Waals surface area contributed by atoms with Gasteiger partial charge >= 0.3 is 0 Å². The van der Waals surface area contributed by atoms with Gasteiger partial charge in [-0.15, -0.1) is 0 Å². The molecule has 0 spiro atoms. The van der Waals surface area contributed by atoms with Crippen LogP contribution in [0.2, 0.25) is 0 Å². The van der Waals surface area contributed by atoms with Crippen molar-refractivity contribution in [1.29, 1.82) is 0 Å². The van der Waals surface area contributed by atoms with Crippen molar-refractivity contribution in [2.45, 2.75) is 0 Å². The van der Waals surface area contributed by atoms with E-state index >= 15 is 0 Å². The fraction of sp³-hybridized carbons (Fsp3) is 0.0769. The minimum absolute atomic E-state index is 0.130. The number of ether oxygens (including phenoxy) is 2. The third-order valence-electron chi connectivity index (χ3n) is 5.18. The highest BCUT2D eigenvalue weighted by atomic mass is 16.5. The summed E-state index contributed by atoms with van der Waals surface area (Å²) in [5, 5.41) is 7.28. The second-order valence-electron chi connectivity index (χ2n) is 7.64. The lowest BCUT2D eigenvalue weighted by atomic mass is 10.1. The number of H-pyrrole nitrogens is 1. The number of furan rings is 1. The summed E-state index contributed by atoms with van der Waals surface area (Å²) in [6.45, 7) is -0.248. The molecule has 0 atom stereocenters. The summed E-state index contributed by atoms with van der Waals surface area (Å²) in [4.78, 5) is 32.4. The van der Waals surface area contributed by atoms with Gasteiger partial charge in [0.1, 0.15) is 23.0 Å². The van der Waals surface area contributed by atoms with Crippen LogP contribution in [0.15, 0.2) is 94.3 Å². The van der Waals surface area contributed by atoms with Crippen LogP contribution < -0.4 is 20.3 Å². The fourth-order valence-corrected chi connectivity index (χ4v) is 3.48. The van der Waals surface area contributed by atoms with E-state index in [4.69, 9.17) is 13.9 Å². The molecule has 1 amide bonds. The molecular formula is C26H21N5O5. The highest BCUT2D eigenvalue weighted by Gasteiger charge is 2.18. The highest BCUT2D eigenvalue weighted by Crippen LogP contribution is 2.25. The van der Waals surface area contributed by atoms with E-state index in [-0.39, 0.29) is 23.9 Å². The van der Waals surface area contributed by atoms with Gasteiger partial charge in [-0.3, -0.25) is 14.6 Å². The summed E-state index contributed by atoms with van der Waals surface area (Å²) in [5.74, 6) is 1.65. The van der Waals surface area contributed by atoms with Crippen LogP contribution >= 0.6 is 0 Å². The quantitative estimate of drug-likeness (QED) is 0.343. The van der Waals surface area contributed by atoms with Gasteiger partial charge in [-0.25, -0.2) is 4.98 Å². The van der Waals surface area contributed by atoms with Crippen LogP contribution in [0.25, 0.3) is 28.7 Å². The average molecular weight is 483 g/mol. The molecule has 0 aliphatic heterocycles. The van der Waals surface area contributed by atoms with Crippen LogP contribution in [-0.4, -0.2) is 39.4 Å². The molecule has 36 heavy (non-hydrogen) atoms. The molecule has 0 fully saturated rings. The zero-order valence-electron chi connectivity index (χ0n) is 19.2. The fourth-order valence-electron chi connectivity index (χ4n) is 3.48. The maximum absolute atomic E-state index is 12.7. The number of methoxy groups -OCH3 is 1. The van der Waals surface area contributed by atoms with Crippen molar-refractivity contribution in [2.24, 2.45) is 0 Å². The number of nitrogens with zero attached hydrogens (tertiary/aromatic N) is 3. The van der Waals surface area contributed by atoms with Crippen molar-refractivity contribution in [3.63, 3.8) is 0 Å². The van der Waals surface area contributed by atoms with Gasteiger partial charge in [0.15, 0.2) is 12.4 Å². The number of nitrogens with one attached hydrogen (secondary N) is 2. The molecule has 10 nitrogen and oxygen atoms in total. The molecule has 5 rings (SSSR count). The summed E-state index contributed by atoms with van der Waals surface area (Å²) in [7, 11) is 1.57. The normalized spacial score (nSPS) is 10.7. The van der Waals surface area contributed by atoms with E-state index in [9.17, 15) is 9.59 Å². The number of benzene rings is 2. The first kappa shape index (κ1) is 22.7. The van der Waals surface area contributed by atoms with Gasteiger partial charge < -0.3 is 19.2 Å². The smallest absolute Gasteiger partial charge is 0.263 e. The molecule has 0 saturated heterocycles. The lowest BCUT2D eigenvalue weighted by Gasteiger charge is -2.10. The van der Waals surface area contributed by atoms with Crippen molar-refractivity contribution in [3.05, 3.63) is 95.5 Å². The Balaban J connectivity index is 1.44. The van der Waals surface area contributed by atoms with Gasteiger partial charge in [0, 0.05) is 17.7 Å². The Bertz CT molecular complexity index is 1520. The standard InChI is InChI=1S/C26H21N5O5/c1-34-18-9-11-19(12-10-18)36-16-25(33)28-23-14-21(22-8-5-13-35-22)30-31(23)26-27-20(15-24(32)29-26)17-6-3-2-4-7-17/h2-15H,16H2,1H3,(H,28,33)(H,27,29,32). The molecule has 10 heteroatoms. The van der Waals surface area contributed by atoms with Crippen LogP contribution in [-0.2, 0) is 4.79 Å². The zero-order valence-corrected chi connectivity index (χ0v) is 19.2. The molecule has 0 aliphatic carbocycles. The number of rotatable bonds is 8. The number of hydrogen-bond donors (Lipinski definition) is 2. The summed E-state index contributed by atoms with van der Waals surface area (Å²) < 4.78 is 17.5. The van der Waals surface area contributed by atoms with E-state index in [0.29, 0.717) is 28.6 Å². The molecular weight excluding hydrogens is 462 g/mol. The SMILES string of the molecule is COc1ccc(OCC(=O)Nc2cc(-c3ccco3)nn2-c2nc(-c3ccccc3)cc(=O)[nH]2)cc1. The summed E-state index contributed by atoms with van der Waals surface area (Å²) in [6.07, 6.45) is 1.52. The number of anilines is 1. The van der Waals surface area contributed by atoms with E-state index in [0.717, 1.165) is 5.56 Å². The maximum Gasteiger partial charge on any atom is 0.263 e. The number of aromatic nitrogens is 4. The van der Waals surface area contributed by atoms with Gasteiger partial charge in [0.05, 0.1) is 19.1 Å². The number of carbonyl (C=O) groups excluding carboxylic acids is 1. The van der Waals surface area contributed by atoms with Crippen LogP contribution in [0.3, 0.4) is 0 Å². The van der Waals surface area contributed by atoms with Crippen molar-refractivity contribution in [2.75, 3.05) is 19.0 Å². The average Bonchev–Trinajstić information content (AvgIpc) is 3.58. The Hall–Kier alpha value is -5.12. The topological polar surface area (TPSA) is 124 Å². The highest BCUT2D eigenvalue weighted by molar-refractivity contribution is 5.91. The number of aromatic amines is 1. The van der Waals surface area contributed by atoms with E-state index in [1.165, 1.54) is 17.0 Å². The molecule has 0 aliphatic rings. The lowest BCUT2D eigenvalue weighted by molar-refractivity contribution is -0.118. The number of hydrogen-bond acceptors (Lipinski definition) is 7. The Labute approximate surface area is 205 Å². The molecule has 0 radical (unpaired) electrons. The van der Waals surface area contributed by atoms with Gasteiger partial charge in [-0.1, -0.05) is 30.3 Å². The van der Waals surface area contributed by atoms with Crippen LogP contribution in [0.5, 0.6) is 11.5 Å². The maximum atomic E-state index is 12.7. The lowest BCUT2D eigenvalue weighted by Crippen LogP contribution is -2.23. The third-order valence-corrected chi connectivity index (χ3v) is 5.18. The molecule has 180 valence electrons. The van der Waals surface area contributed by atoms with Crippen molar-refractivity contribution in [3.8, 4) is 40.2 Å². The first-order valence-electron chi connectivity index (χ1n) is 11.0. The Morgan fingerprint density at radius 1 is 1.00 bits per heavy atom. The number of carbonyl (C=O) groups is 1. The van der Waals surface area contributed by atoms with Gasteiger partial charge in [0.2, 0.25) is 5.95 Å². The molecule has 0 saturated carbocycles. The molecule has 3 aromatic heterocycles. The van der Waals surface area contributed by atoms with E-state index in [1.807, 2.05) is 30.3 Å². The van der Waals surface area contributed by atoms with Gasteiger partial charge in [0.25, 0.3) is 11.5 Å². The molecule has 2 aromatic carbocycles. The summed E-state index contributed by atoms with van der Waals surface area (Å²) in [5.41, 5.74) is 1.31. The van der Waals surface area contributed by atoms with E-state index in [1.54, 1.807) is 49.6 Å². The van der Waals surface area contributed by atoms with Crippen molar-refractivity contribution in [1.82, 2.24) is 19.7 Å². The van der Waals surface area contributed by atoms with Crippen LogP contribution in [0.4, 0.5) is 5.82 Å². The van der Waals surface area contributed by atoms with Crippen LogP contribution in [0, 0.1) is 0 Å². The minimum Gasteiger partial charge on any atom is -0.497 e. The monoisotopic (exact) mass is 483 g/mol. The second-order valence-corrected chi connectivity index (χ2v) is 7.64. The first-order valence-corrected chi connectivity index (χ1v) is 11.0. The summed E-state index contributed by atoms with van der Waals surface area (Å²) >= 11 is 0. The van der Waals surface area contributed by atoms with Crippen LogP contribution in [0.1, 0.15) is 0 Å². The molecule has 0 bridgehead atoms. The van der Waals surface area contributed by atoms with Crippen molar-refractivity contribution < 1.29 is 18.7 Å². The molecule has 3 heterocycles. The molecule has 5 aromatic rings. The largest absolute Gasteiger partial charge is 0.497 e. The third kappa shape index (κ3) is 5.02. The van der Waals surface area contributed by atoms with Gasteiger partial charge in [-0.2, -0.15) is 9.78 Å². The molecule has 2 N–H and O–H groups in total. The van der Waals surface area contributed by atoms with Crippen molar-refractivity contribution >= 4 is 11.7 Å². The predicted octanol–water partition coefficient (Wildman–Crippen LogP) is 3.91. The minimum atomic E-state index is -0.431. The zero-order chi connectivity index (χ0) is 24.9. The number of amides is 1. The van der Waals surface area contributed by atoms with E-state index in [2.05, 4.69) is 20.4 Å². The Morgan fingerprint density at radius 3 is 2.50 bits per heavy atom. The Morgan fingerprint density at radius 2 is 1.78 bits per heavy atom. The first-order chi connectivity index (χ1) is 17.6. The predicted molar refractivity (Wildman–Crippen MR) is 132 cm³/mol. The molecule has 0 unspecified atom stereocenters. The van der Waals surface area contributed by atoms with Gasteiger partial charge in [-0.05, 0) is 36.4 Å². The summed E-state index contributed by atoms with van der Waals surface area (Å²) in [6, 6.07) is 22.7. The van der Waals surface area contributed by atoms with E-state index < -0.39 is 5.91 Å².